The molecule has 0 saturated carbocycles. The fourth-order valence-electron chi connectivity index (χ4n) is 0.889. The van der Waals surface area contributed by atoms with E-state index in [1.165, 1.54) is 6.08 Å². The molecule has 0 N–H and O–H groups in total. The van der Waals surface area contributed by atoms with E-state index in [1.54, 1.807) is 0 Å². The fourth-order valence-corrected chi connectivity index (χ4v) is 1.73. The van der Waals surface area contributed by atoms with Gasteiger partial charge in [0.1, 0.15) is 0 Å². The van der Waals surface area contributed by atoms with Crippen LogP contribution in [0.2, 0.25) is 0 Å². The van der Waals surface area contributed by atoms with Crippen LogP contribution in [0.5, 0.6) is 0 Å². The highest BCUT2D eigenvalue weighted by molar-refractivity contribution is 7.89. The maximum atomic E-state index is 11.6. The molecule has 68 valence electrons. The van der Waals surface area contributed by atoms with Crippen molar-refractivity contribution in [3.8, 4) is 0 Å². The van der Waals surface area contributed by atoms with Crippen LogP contribution >= 0.6 is 0 Å². The van der Waals surface area contributed by atoms with Crippen LogP contribution in [0.25, 0.3) is 0 Å². The number of rotatable bonds is 3. The van der Waals surface area contributed by atoms with E-state index in [4.69, 9.17) is 0 Å². The molecule has 1 atom stereocenters. The van der Waals surface area contributed by atoms with E-state index in [0.717, 1.165) is 10.5 Å². The van der Waals surface area contributed by atoms with Crippen molar-refractivity contribution in [3.63, 3.8) is 0 Å². The Labute approximate surface area is 81.3 Å². The fraction of sp³-hybridized carbons (Fsp3) is 0.0909. The Kier molecular flexibility index (Phi) is 3.20. The molecule has 0 aliphatic rings. The number of allylic oxidation sites excluding steroid dienone is 1. The molecule has 0 fully saturated rings. The van der Waals surface area contributed by atoms with Gasteiger partial charge in [-0.2, -0.15) is 0 Å². The van der Waals surface area contributed by atoms with Crippen LogP contribution in [-0.4, -0.2) is 4.21 Å². The molecule has 0 spiro atoms. The molecular formula is C11H12OS. The SMILES string of the molecule is C=CC(=C)S(=O)c1ccc(C)cc1. The highest BCUT2D eigenvalue weighted by atomic mass is 32.2. The Morgan fingerprint density at radius 3 is 2.38 bits per heavy atom. The lowest BCUT2D eigenvalue weighted by atomic mass is 10.2. The van der Waals surface area contributed by atoms with Crippen LogP contribution in [0.4, 0.5) is 0 Å². The van der Waals surface area contributed by atoms with E-state index >= 15 is 0 Å². The number of aryl methyl sites for hydroxylation is 1. The number of hydrogen-bond acceptors (Lipinski definition) is 1. The third kappa shape index (κ3) is 2.39. The first-order valence-corrected chi connectivity index (χ1v) is 5.10. The minimum Gasteiger partial charge on any atom is -0.249 e. The van der Waals surface area contributed by atoms with Crippen molar-refractivity contribution in [3.05, 3.63) is 54.0 Å². The van der Waals surface area contributed by atoms with Crippen LogP contribution in [0.15, 0.2) is 53.3 Å². The van der Waals surface area contributed by atoms with Gasteiger partial charge in [-0.05, 0) is 19.1 Å². The van der Waals surface area contributed by atoms with Gasteiger partial charge in [-0.15, -0.1) is 0 Å². The molecule has 1 nitrogen and oxygen atoms in total. The minimum atomic E-state index is -1.15. The summed E-state index contributed by atoms with van der Waals surface area (Å²) in [6.45, 7) is 9.18. The summed E-state index contributed by atoms with van der Waals surface area (Å²) in [7, 11) is -1.15. The summed E-state index contributed by atoms with van der Waals surface area (Å²) in [5.74, 6) is 0. The molecule has 0 saturated heterocycles. The van der Waals surface area contributed by atoms with E-state index < -0.39 is 10.8 Å². The van der Waals surface area contributed by atoms with Crippen molar-refractivity contribution < 1.29 is 4.21 Å². The second-order valence-electron chi connectivity index (χ2n) is 2.75. The quantitative estimate of drug-likeness (QED) is 0.673. The van der Waals surface area contributed by atoms with Gasteiger partial charge in [0, 0.05) is 9.80 Å². The van der Waals surface area contributed by atoms with Crippen molar-refractivity contribution in [2.45, 2.75) is 11.8 Å². The number of benzene rings is 1. The summed E-state index contributed by atoms with van der Waals surface area (Å²) in [5.41, 5.74) is 1.16. The molecule has 1 rings (SSSR count). The van der Waals surface area contributed by atoms with Gasteiger partial charge >= 0.3 is 0 Å². The van der Waals surface area contributed by atoms with Crippen LogP contribution in [0, 0.1) is 6.92 Å². The molecule has 0 aliphatic heterocycles. The normalized spacial score (nSPS) is 12.1. The third-order valence-electron chi connectivity index (χ3n) is 1.70. The highest BCUT2D eigenvalue weighted by Crippen LogP contribution is 2.14. The van der Waals surface area contributed by atoms with Crippen LogP contribution < -0.4 is 0 Å². The number of hydrogen-bond donors (Lipinski definition) is 0. The van der Waals surface area contributed by atoms with Gasteiger partial charge in [-0.1, -0.05) is 36.9 Å². The molecule has 2 heteroatoms. The zero-order valence-electron chi connectivity index (χ0n) is 7.62. The van der Waals surface area contributed by atoms with E-state index in [1.807, 2.05) is 31.2 Å². The molecule has 1 aromatic rings. The minimum absolute atomic E-state index is 0.545. The molecule has 0 aliphatic carbocycles. The Hall–Kier alpha value is -1.15. The van der Waals surface area contributed by atoms with E-state index in [-0.39, 0.29) is 0 Å². The van der Waals surface area contributed by atoms with Gasteiger partial charge < -0.3 is 0 Å². The smallest absolute Gasteiger partial charge is 0.0843 e. The maximum Gasteiger partial charge on any atom is 0.0843 e. The molecule has 0 amide bonds. The van der Waals surface area contributed by atoms with Gasteiger partial charge in [0.2, 0.25) is 0 Å². The Morgan fingerprint density at radius 1 is 1.38 bits per heavy atom. The second kappa shape index (κ2) is 4.19. The van der Waals surface area contributed by atoms with Crippen LogP contribution in [-0.2, 0) is 10.8 Å². The van der Waals surface area contributed by atoms with Crippen molar-refractivity contribution in [2.24, 2.45) is 0 Å². The summed E-state index contributed by atoms with van der Waals surface area (Å²) in [6.07, 6.45) is 1.52. The largest absolute Gasteiger partial charge is 0.249 e. The molecule has 13 heavy (non-hydrogen) atoms. The van der Waals surface area contributed by atoms with Gasteiger partial charge in [-0.3, -0.25) is 0 Å². The topological polar surface area (TPSA) is 17.1 Å². The molecule has 0 radical (unpaired) electrons. The average Bonchev–Trinajstić information content (AvgIpc) is 2.17. The van der Waals surface area contributed by atoms with Gasteiger partial charge in [0.25, 0.3) is 0 Å². The summed E-state index contributed by atoms with van der Waals surface area (Å²) < 4.78 is 11.6. The lowest BCUT2D eigenvalue weighted by molar-refractivity contribution is 0.687. The lowest BCUT2D eigenvalue weighted by Gasteiger charge is -2.01. The predicted molar refractivity (Wildman–Crippen MR) is 56.9 cm³/mol. The van der Waals surface area contributed by atoms with Crippen LogP contribution in [0.3, 0.4) is 0 Å². The van der Waals surface area contributed by atoms with Gasteiger partial charge in [0.15, 0.2) is 0 Å². The zero-order valence-corrected chi connectivity index (χ0v) is 8.43. The van der Waals surface area contributed by atoms with Crippen LogP contribution in [0.1, 0.15) is 5.56 Å². The lowest BCUT2D eigenvalue weighted by Crippen LogP contribution is -1.91. The van der Waals surface area contributed by atoms with Gasteiger partial charge in [-0.25, -0.2) is 4.21 Å². The summed E-state index contributed by atoms with van der Waals surface area (Å²) >= 11 is 0. The van der Waals surface area contributed by atoms with Crippen molar-refractivity contribution in [1.82, 2.24) is 0 Å². The molecule has 1 unspecified atom stereocenters. The third-order valence-corrected chi connectivity index (χ3v) is 3.04. The Balaban J connectivity index is 2.96. The van der Waals surface area contributed by atoms with E-state index in [0.29, 0.717) is 4.91 Å². The molecular weight excluding hydrogens is 180 g/mol. The summed E-state index contributed by atoms with van der Waals surface area (Å²) in [4.78, 5) is 1.32. The first-order chi connectivity index (χ1) is 6.15. The summed E-state index contributed by atoms with van der Waals surface area (Å²) in [5, 5.41) is 0. The predicted octanol–water partition coefficient (Wildman–Crippen LogP) is 2.80. The monoisotopic (exact) mass is 192 g/mol. The zero-order chi connectivity index (χ0) is 9.84. The first kappa shape index (κ1) is 9.93. The maximum absolute atomic E-state index is 11.6. The highest BCUT2D eigenvalue weighted by Gasteiger charge is 2.03. The average molecular weight is 192 g/mol. The molecule has 0 bridgehead atoms. The van der Waals surface area contributed by atoms with E-state index in [2.05, 4.69) is 13.2 Å². The first-order valence-electron chi connectivity index (χ1n) is 3.95. The second-order valence-corrected chi connectivity index (χ2v) is 4.29. The van der Waals surface area contributed by atoms with Crippen molar-refractivity contribution in [1.29, 1.82) is 0 Å². The molecule has 1 aromatic carbocycles. The Bertz CT molecular complexity index is 349. The Morgan fingerprint density at radius 2 is 1.92 bits per heavy atom. The molecule has 0 heterocycles. The molecule has 0 aromatic heterocycles. The van der Waals surface area contributed by atoms with Crippen molar-refractivity contribution in [2.75, 3.05) is 0 Å². The van der Waals surface area contributed by atoms with E-state index in [9.17, 15) is 4.21 Å². The summed E-state index contributed by atoms with van der Waals surface area (Å²) in [6, 6.07) is 7.56. The standard InChI is InChI=1S/C11H12OS/c1-4-10(3)13(12)11-7-5-9(2)6-8-11/h4-8H,1,3H2,2H3. The van der Waals surface area contributed by atoms with Gasteiger partial charge in [0.05, 0.1) is 10.8 Å². The van der Waals surface area contributed by atoms with Crippen molar-refractivity contribution >= 4 is 10.8 Å².